The number of carbonyl (C=O) groups is 1. The zero-order valence-corrected chi connectivity index (χ0v) is 21.0. The fraction of sp³-hybridized carbons (Fsp3) is 0.345. The molecule has 1 unspecified atom stereocenters. The lowest BCUT2D eigenvalue weighted by molar-refractivity contribution is 0.0696. The van der Waals surface area contributed by atoms with Crippen molar-refractivity contribution in [1.29, 1.82) is 0 Å². The summed E-state index contributed by atoms with van der Waals surface area (Å²) in [5.41, 5.74) is 2.59. The number of carboxylic acids is 1. The first-order valence-corrected chi connectivity index (χ1v) is 13.0. The number of hydrogen-bond acceptors (Lipinski definition) is 8. The van der Waals surface area contributed by atoms with E-state index in [0.29, 0.717) is 42.0 Å². The molecule has 3 atom stereocenters. The van der Waals surface area contributed by atoms with E-state index in [2.05, 4.69) is 31.9 Å². The SMILES string of the molecule is O=C(O)c1ccc(CN2[C@@H]3CC[C@H]2CC(N(Cc2ncco2)c2ccc(OCc4ncco4)cc2)C3)cc1. The molecule has 38 heavy (non-hydrogen) atoms. The van der Waals surface area contributed by atoms with E-state index < -0.39 is 5.97 Å². The van der Waals surface area contributed by atoms with Gasteiger partial charge in [-0.2, -0.15) is 0 Å². The number of anilines is 1. The average Bonchev–Trinajstić information content (AvgIpc) is 3.69. The summed E-state index contributed by atoms with van der Waals surface area (Å²) in [6.07, 6.45) is 10.9. The van der Waals surface area contributed by atoms with Crippen LogP contribution >= 0.6 is 0 Å². The Bertz CT molecular complexity index is 1310. The van der Waals surface area contributed by atoms with Crippen LogP contribution in [0.2, 0.25) is 0 Å². The molecule has 0 spiro atoms. The summed E-state index contributed by atoms with van der Waals surface area (Å²) in [5.74, 6) is 1.10. The van der Waals surface area contributed by atoms with Crippen molar-refractivity contribution in [3.05, 3.63) is 96.4 Å². The van der Waals surface area contributed by atoms with Crippen LogP contribution < -0.4 is 9.64 Å². The largest absolute Gasteiger partial charge is 0.484 e. The van der Waals surface area contributed by atoms with Crippen LogP contribution in [0.1, 0.15) is 53.4 Å². The topological polar surface area (TPSA) is 105 Å². The first-order chi connectivity index (χ1) is 18.6. The Labute approximate surface area is 220 Å². The Morgan fingerprint density at radius 2 is 1.61 bits per heavy atom. The lowest BCUT2D eigenvalue weighted by Gasteiger charge is -2.44. The number of carboxylic acid groups (broad SMARTS) is 1. The number of oxazole rings is 2. The fourth-order valence-corrected chi connectivity index (χ4v) is 5.83. The highest BCUT2D eigenvalue weighted by Gasteiger charge is 2.42. The summed E-state index contributed by atoms with van der Waals surface area (Å²) >= 11 is 0. The third-order valence-corrected chi connectivity index (χ3v) is 7.67. The Kier molecular flexibility index (Phi) is 6.83. The second kappa shape index (κ2) is 10.7. The monoisotopic (exact) mass is 514 g/mol. The van der Waals surface area contributed by atoms with Gasteiger partial charge < -0.3 is 23.6 Å². The maximum absolute atomic E-state index is 11.2. The molecule has 196 valence electrons. The molecule has 0 radical (unpaired) electrons. The second-order valence-electron chi connectivity index (χ2n) is 9.95. The molecule has 2 aliphatic rings. The van der Waals surface area contributed by atoms with E-state index in [9.17, 15) is 9.90 Å². The van der Waals surface area contributed by atoms with Gasteiger partial charge in [0, 0.05) is 30.4 Å². The average molecular weight is 515 g/mol. The van der Waals surface area contributed by atoms with Gasteiger partial charge in [0.25, 0.3) is 0 Å². The molecule has 2 fully saturated rings. The molecule has 2 saturated heterocycles. The minimum atomic E-state index is -0.891. The van der Waals surface area contributed by atoms with Gasteiger partial charge in [0.15, 0.2) is 6.61 Å². The molecule has 1 N–H and O–H groups in total. The van der Waals surface area contributed by atoms with Crippen LogP contribution in [0.5, 0.6) is 5.75 Å². The molecule has 9 heteroatoms. The van der Waals surface area contributed by atoms with Gasteiger partial charge in [0.2, 0.25) is 11.8 Å². The maximum Gasteiger partial charge on any atom is 0.335 e. The van der Waals surface area contributed by atoms with Crippen molar-refractivity contribution in [2.45, 2.75) is 63.5 Å². The minimum Gasteiger partial charge on any atom is -0.484 e. The summed E-state index contributed by atoms with van der Waals surface area (Å²) in [4.78, 5) is 24.7. The van der Waals surface area contributed by atoms with Gasteiger partial charge in [-0.3, -0.25) is 4.90 Å². The maximum atomic E-state index is 11.2. The van der Waals surface area contributed by atoms with Crippen molar-refractivity contribution < 1.29 is 23.5 Å². The highest BCUT2D eigenvalue weighted by atomic mass is 16.5. The molecule has 2 aromatic heterocycles. The molecule has 4 heterocycles. The quantitative estimate of drug-likeness (QED) is 0.308. The molecule has 2 aliphatic heterocycles. The van der Waals surface area contributed by atoms with Crippen LogP contribution in [0.25, 0.3) is 0 Å². The van der Waals surface area contributed by atoms with E-state index in [1.165, 1.54) is 19.1 Å². The standard InChI is InChI=1S/C29H30N4O5/c34-29(35)21-3-1-20(2-4-21)17-32-23-5-6-24(32)16-25(15-23)33(18-27-30-11-13-36-27)22-7-9-26(10-8-22)38-19-28-31-12-14-37-28/h1-4,7-14,23-25H,5-6,15-19H2,(H,34,35)/t23-,24+,25?. The zero-order valence-electron chi connectivity index (χ0n) is 21.0. The summed E-state index contributed by atoms with van der Waals surface area (Å²) in [5, 5.41) is 9.20. The van der Waals surface area contributed by atoms with Crippen molar-refractivity contribution in [3.8, 4) is 5.75 Å². The normalized spacial score (nSPS) is 20.9. The lowest BCUT2D eigenvalue weighted by atomic mass is 9.94. The van der Waals surface area contributed by atoms with E-state index in [1.807, 2.05) is 24.3 Å². The van der Waals surface area contributed by atoms with Crippen LogP contribution in [0.3, 0.4) is 0 Å². The Hall–Kier alpha value is -4.11. The lowest BCUT2D eigenvalue weighted by Crippen LogP contribution is -2.50. The predicted octanol–water partition coefficient (Wildman–Crippen LogP) is 5.14. The number of hydrogen-bond donors (Lipinski definition) is 1. The van der Waals surface area contributed by atoms with Crippen LogP contribution in [0, 0.1) is 0 Å². The summed E-state index contributed by atoms with van der Waals surface area (Å²) in [7, 11) is 0. The Balaban J connectivity index is 1.16. The van der Waals surface area contributed by atoms with Gasteiger partial charge in [-0.05, 0) is 67.6 Å². The molecule has 4 aromatic rings. The molecular weight excluding hydrogens is 484 g/mol. The number of aromatic carboxylic acids is 1. The summed E-state index contributed by atoms with van der Waals surface area (Å²) in [6.45, 7) is 1.73. The zero-order chi connectivity index (χ0) is 25.9. The van der Waals surface area contributed by atoms with Gasteiger partial charge in [-0.25, -0.2) is 14.8 Å². The van der Waals surface area contributed by atoms with Crippen molar-refractivity contribution in [1.82, 2.24) is 14.9 Å². The molecule has 0 saturated carbocycles. The predicted molar refractivity (Wildman–Crippen MR) is 139 cm³/mol. The van der Waals surface area contributed by atoms with E-state index in [-0.39, 0.29) is 6.61 Å². The fourth-order valence-electron chi connectivity index (χ4n) is 5.83. The van der Waals surface area contributed by atoms with E-state index in [1.54, 1.807) is 30.8 Å². The summed E-state index contributed by atoms with van der Waals surface area (Å²) < 4.78 is 16.7. The first kappa shape index (κ1) is 24.2. The van der Waals surface area contributed by atoms with Crippen LogP contribution in [0.4, 0.5) is 5.69 Å². The van der Waals surface area contributed by atoms with Crippen molar-refractivity contribution in [2.75, 3.05) is 4.90 Å². The number of aromatic nitrogens is 2. The van der Waals surface area contributed by atoms with Gasteiger partial charge in [-0.1, -0.05) is 12.1 Å². The molecule has 2 bridgehead atoms. The van der Waals surface area contributed by atoms with Crippen molar-refractivity contribution >= 4 is 11.7 Å². The van der Waals surface area contributed by atoms with E-state index in [0.717, 1.165) is 36.4 Å². The molecule has 6 rings (SSSR count). The van der Waals surface area contributed by atoms with E-state index in [4.69, 9.17) is 13.6 Å². The minimum absolute atomic E-state index is 0.285. The molecule has 0 amide bonds. The Morgan fingerprint density at radius 3 is 2.21 bits per heavy atom. The van der Waals surface area contributed by atoms with Gasteiger partial charge >= 0.3 is 5.97 Å². The third kappa shape index (κ3) is 5.28. The van der Waals surface area contributed by atoms with Crippen LogP contribution in [-0.4, -0.2) is 44.1 Å². The molecule has 2 aromatic carbocycles. The number of fused-ring (bicyclic) bond motifs is 2. The Morgan fingerprint density at radius 1 is 0.947 bits per heavy atom. The van der Waals surface area contributed by atoms with Gasteiger partial charge in [-0.15, -0.1) is 0 Å². The number of nitrogens with zero attached hydrogens (tertiary/aromatic N) is 4. The third-order valence-electron chi connectivity index (χ3n) is 7.67. The van der Waals surface area contributed by atoms with Crippen molar-refractivity contribution in [3.63, 3.8) is 0 Å². The van der Waals surface area contributed by atoms with Crippen LogP contribution in [0.15, 0.2) is 82.3 Å². The highest BCUT2D eigenvalue weighted by Crippen LogP contribution is 2.40. The summed E-state index contributed by atoms with van der Waals surface area (Å²) in [6, 6.07) is 16.7. The molecule has 9 nitrogen and oxygen atoms in total. The molecular formula is C29H30N4O5. The molecule has 0 aliphatic carbocycles. The van der Waals surface area contributed by atoms with E-state index >= 15 is 0 Å². The number of piperidine rings is 1. The van der Waals surface area contributed by atoms with Crippen molar-refractivity contribution in [2.24, 2.45) is 0 Å². The first-order valence-electron chi connectivity index (χ1n) is 13.0. The number of rotatable bonds is 10. The second-order valence-corrected chi connectivity index (χ2v) is 9.95. The smallest absolute Gasteiger partial charge is 0.335 e. The number of benzene rings is 2. The van der Waals surface area contributed by atoms with Gasteiger partial charge in [0.1, 0.15) is 18.3 Å². The number of ether oxygens (including phenoxy) is 1. The van der Waals surface area contributed by atoms with Gasteiger partial charge in [0.05, 0.1) is 24.5 Å². The highest BCUT2D eigenvalue weighted by molar-refractivity contribution is 5.87. The van der Waals surface area contributed by atoms with Crippen LogP contribution in [-0.2, 0) is 19.7 Å².